The Labute approximate surface area is 224 Å². The summed E-state index contributed by atoms with van der Waals surface area (Å²) in [6.07, 6.45) is 20.8. The van der Waals surface area contributed by atoms with Crippen molar-refractivity contribution in [2.24, 2.45) is 0 Å². The predicted molar refractivity (Wildman–Crippen MR) is 119 cm³/mol. The zero-order valence-corrected chi connectivity index (χ0v) is 23.6. The van der Waals surface area contributed by atoms with Crippen LogP contribution in [-0.2, 0) is 10.1 Å². The van der Waals surface area contributed by atoms with E-state index in [2.05, 4.69) is 6.92 Å². The third-order valence-corrected chi connectivity index (χ3v) is 6.97. The SMILES string of the molecule is CCCCCCCCCCCCCCCCCC(CCCC(C)O)S(=O)(=O)[O-].[K+]. The summed E-state index contributed by atoms with van der Waals surface area (Å²) < 4.78 is 34.1. The van der Waals surface area contributed by atoms with Crippen LogP contribution in [0.25, 0.3) is 0 Å². The van der Waals surface area contributed by atoms with Gasteiger partial charge in [-0.2, -0.15) is 0 Å². The van der Waals surface area contributed by atoms with E-state index in [4.69, 9.17) is 0 Å². The smallest absolute Gasteiger partial charge is 0.748 e. The van der Waals surface area contributed by atoms with Crippen molar-refractivity contribution in [3.63, 3.8) is 0 Å². The summed E-state index contributed by atoms with van der Waals surface area (Å²) in [6, 6.07) is 0. The number of hydrogen-bond acceptors (Lipinski definition) is 4. The number of hydrogen-bond donors (Lipinski definition) is 1. The minimum atomic E-state index is -4.21. The van der Waals surface area contributed by atoms with E-state index in [9.17, 15) is 18.1 Å². The summed E-state index contributed by atoms with van der Waals surface area (Å²) >= 11 is 0. The van der Waals surface area contributed by atoms with Crippen LogP contribution in [0.4, 0.5) is 0 Å². The summed E-state index contributed by atoms with van der Waals surface area (Å²) in [7, 11) is -4.21. The van der Waals surface area contributed by atoms with Gasteiger partial charge >= 0.3 is 51.4 Å². The van der Waals surface area contributed by atoms with Gasteiger partial charge in [-0.05, 0) is 32.6 Å². The Morgan fingerprint density at radius 3 is 1.34 bits per heavy atom. The van der Waals surface area contributed by atoms with E-state index in [1.807, 2.05) is 0 Å². The van der Waals surface area contributed by atoms with Crippen LogP contribution in [-0.4, -0.2) is 29.4 Å². The number of aliphatic hydroxyl groups is 1. The Morgan fingerprint density at radius 2 is 1.00 bits per heavy atom. The van der Waals surface area contributed by atoms with Gasteiger partial charge in [-0.3, -0.25) is 0 Å². The largest absolute Gasteiger partial charge is 1.00 e. The molecule has 0 aromatic carbocycles. The van der Waals surface area contributed by atoms with Gasteiger partial charge in [0.05, 0.1) is 16.2 Å². The summed E-state index contributed by atoms with van der Waals surface area (Å²) in [5.74, 6) is 0. The van der Waals surface area contributed by atoms with Crippen LogP contribution in [0, 0.1) is 0 Å². The average Bonchev–Trinajstić information content (AvgIpc) is 2.62. The second-order valence-electron chi connectivity index (χ2n) is 8.63. The minimum absolute atomic E-state index is 0. The maximum Gasteiger partial charge on any atom is 1.00 e. The first-order chi connectivity index (χ1) is 13.4. The second-order valence-corrected chi connectivity index (χ2v) is 10.3. The zero-order chi connectivity index (χ0) is 21.1. The summed E-state index contributed by atoms with van der Waals surface area (Å²) in [6.45, 7) is 3.95. The summed E-state index contributed by atoms with van der Waals surface area (Å²) in [5.41, 5.74) is 0. The minimum Gasteiger partial charge on any atom is -0.748 e. The maximum atomic E-state index is 11.4. The number of aliphatic hydroxyl groups excluding tert-OH is 1. The standard InChI is InChI=1S/C23H48O4S.K/c1-3-4-5-6-7-8-9-10-11-12-13-14-15-16-17-20-23(28(25,26)27)21-18-19-22(2)24;/h22-24H,3-21H2,1-2H3,(H,25,26,27);/q;+1/p-1. The quantitative estimate of drug-likeness (QED) is 0.162. The van der Waals surface area contributed by atoms with Gasteiger partial charge in [0.25, 0.3) is 0 Å². The van der Waals surface area contributed by atoms with Gasteiger partial charge in [-0.25, -0.2) is 8.42 Å². The topological polar surface area (TPSA) is 77.4 Å². The average molecular weight is 459 g/mol. The molecule has 2 atom stereocenters. The molecule has 1 N–H and O–H groups in total. The van der Waals surface area contributed by atoms with Gasteiger partial charge in [0.1, 0.15) is 0 Å². The fraction of sp³-hybridized carbons (Fsp3) is 1.00. The van der Waals surface area contributed by atoms with E-state index in [-0.39, 0.29) is 51.4 Å². The summed E-state index contributed by atoms with van der Waals surface area (Å²) in [4.78, 5) is 0. The molecule has 0 aliphatic carbocycles. The van der Waals surface area contributed by atoms with Crippen molar-refractivity contribution in [3.8, 4) is 0 Å². The van der Waals surface area contributed by atoms with E-state index < -0.39 is 21.5 Å². The second kappa shape index (κ2) is 22.7. The third-order valence-electron chi connectivity index (χ3n) is 5.69. The molecule has 0 bridgehead atoms. The molecule has 0 fully saturated rings. The zero-order valence-electron chi connectivity index (χ0n) is 19.7. The molecule has 2 unspecified atom stereocenters. The van der Waals surface area contributed by atoms with Crippen LogP contribution in [0.3, 0.4) is 0 Å². The Kier molecular flexibility index (Phi) is 25.6. The van der Waals surface area contributed by atoms with Crippen molar-refractivity contribution in [2.45, 2.75) is 147 Å². The molecule has 0 rings (SSSR count). The monoisotopic (exact) mass is 458 g/mol. The summed E-state index contributed by atoms with van der Waals surface area (Å²) in [5, 5.41) is 8.49. The molecule has 0 radical (unpaired) electrons. The molecule has 0 aromatic rings. The van der Waals surface area contributed by atoms with Gasteiger partial charge in [0.15, 0.2) is 0 Å². The van der Waals surface area contributed by atoms with E-state index in [1.165, 1.54) is 77.0 Å². The van der Waals surface area contributed by atoms with Gasteiger partial charge in [0, 0.05) is 5.25 Å². The first-order valence-corrected chi connectivity index (χ1v) is 13.5. The molecular formula is C23H47KO4S. The van der Waals surface area contributed by atoms with Gasteiger partial charge in [-0.1, -0.05) is 103 Å². The Bertz CT molecular complexity index is 427. The Hall–Kier alpha value is 1.51. The van der Waals surface area contributed by atoms with Crippen molar-refractivity contribution in [1.82, 2.24) is 0 Å². The molecule has 29 heavy (non-hydrogen) atoms. The van der Waals surface area contributed by atoms with E-state index >= 15 is 0 Å². The third kappa shape index (κ3) is 24.0. The molecule has 170 valence electrons. The van der Waals surface area contributed by atoms with Crippen LogP contribution in [0.15, 0.2) is 0 Å². The molecule has 0 amide bonds. The molecule has 0 heterocycles. The van der Waals surface area contributed by atoms with Gasteiger partial charge in [-0.15, -0.1) is 0 Å². The van der Waals surface area contributed by atoms with Crippen LogP contribution < -0.4 is 51.4 Å². The fourth-order valence-electron chi connectivity index (χ4n) is 3.82. The first kappa shape index (κ1) is 32.7. The van der Waals surface area contributed by atoms with Gasteiger partial charge < -0.3 is 9.66 Å². The van der Waals surface area contributed by atoms with Crippen molar-refractivity contribution in [3.05, 3.63) is 0 Å². The Balaban J connectivity index is 0. The van der Waals surface area contributed by atoms with Crippen LogP contribution in [0.2, 0.25) is 0 Å². The normalized spacial score (nSPS) is 13.8. The van der Waals surface area contributed by atoms with Crippen LogP contribution in [0.5, 0.6) is 0 Å². The van der Waals surface area contributed by atoms with E-state index in [0.717, 1.165) is 19.3 Å². The van der Waals surface area contributed by atoms with E-state index in [1.54, 1.807) is 6.92 Å². The molecule has 0 spiro atoms. The number of rotatable bonds is 21. The van der Waals surface area contributed by atoms with Crippen molar-refractivity contribution < 1.29 is 69.5 Å². The molecule has 0 aromatic heterocycles. The van der Waals surface area contributed by atoms with Crippen LogP contribution >= 0.6 is 0 Å². The molecule has 0 saturated carbocycles. The number of unbranched alkanes of at least 4 members (excludes halogenated alkanes) is 14. The predicted octanol–water partition coefficient (Wildman–Crippen LogP) is 3.72. The van der Waals surface area contributed by atoms with Crippen molar-refractivity contribution in [1.29, 1.82) is 0 Å². The molecular weight excluding hydrogens is 411 g/mol. The maximum absolute atomic E-state index is 11.4. The molecule has 4 nitrogen and oxygen atoms in total. The molecule has 0 saturated heterocycles. The first-order valence-electron chi connectivity index (χ1n) is 12.0. The fourth-order valence-corrected chi connectivity index (χ4v) is 4.73. The Morgan fingerprint density at radius 1 is 0.655 bits per heavy atom. The molecule has 0 aliphatic heterocycles. The van der Waals surface area contributed by atoms with Crippen LogP contribution in [0.1, 0.15) is 136 Å². The van der Waals surface area contributed by atoms with Crippen molar-refractivity contribution >= 4 is 10.1 Å². The molecule has 0 aliphatic rings. The van der Waals surface area contributed by atoms with Gasteiger partial charge in [0.2, 0.25) is 0 Å². The molecule has 6 heteroatoms. The van der Waals surface area contributed by atoms with Crippen molar-refractivity contribution in [2.75, 3.05) is 0 Å². The van der Waals surface area contributed by atoms with E-state index in [0.29, 0.717) is 25.7 Å².